The fourth-order valence-electron chi connectivity index (χ4n) is 1.73. The fraction of sp³-hybridized carbons (Fsp3) is 0.200. The van der Waals surface area contributed by atoms with E-state index in [4.69, 9.17) is 10.5 Å². The molecule has 0 aliphatic heterocycles. The van der Waals surface area contributed by atoms with Crippen LogP contribution < -0.4 is 21.3 Å². The number of aromatic nitrogens is 2. The van der Waals surface area contributed by atoms with Gasteiger partial charge in [0.15, 0.2) is 11.5 Å². The van der Waals surface area contributed by atoms with Gasteiger partial charge in [-0.15, -0.1) is 0 Å². The number of rotatable bonds is 4. The molecule has 0 unspecified atom stereocenters. The smallest absolute Gasteiger partial charge is 0.292 e. The van der Waals surface area contributed by atoms with E-state index in [1.165, 1.54) is 12.4 Å². The van der Waals surface area contributed by atoms with E-state index >= 15 is 0 Å². The Morgan fingerprint density at radius 3 is 2.26 bits per heavy atom. The third kappa shape index (κ3) is 4.40. The summed E-state index contributed by atoms with van der Waals surface area (Å²) in [5.74, 6) is -0.483. The van der Waals surface area contributed by atoms with Crippen LogP contribution in [0.2, 0.25) is 0 Å². The van der Waals surface area contributed by atoms with Crippen LogP contribution in [0.15, 0.2) is 36.7 Å². The molecule has 0 radical (unpaired) electrons. The van der Waals surface area contributed by atoms with Gasteiger partial charge in [0.2, 0.25) is 0 Å². The minimum atomic E-state index is -0.649. The summed E-state index contributed by atoms with van der Waals surface area (Å²) in [4.78, 5) is 31.4. The van der Waals surface area contributed by atoms with Crippen molar-refractivity contribution in [2.45, 2.75) is 20.0 Å². The second-order valence-electron chi connectivity index (χ2n) is 4.89. The predicted molar refractivity (Wildman–Crippen MR) is 83.6 cm³/mol. The van der Waals surface area contributed by atoms with Crippen LogP contribution in [0.3, 0.4) is 0 Å². The van der Waals surface area contributed by atoms with Crippen molar-refractivity contribution in [1.82, 2.24) is 20.8 Å². The largest absolute Gasteiger partial charge is 0.491 e. The van der Waals surface area contributed by atoms with Crippen molar-refractivity contribution >= 4 is 17.6 Å². The maximum Gasteiger partial charge on any atom is 0.292 e. The van der Waals surface area contributed by atoms with Crippen molar-refractivity contribution in [3.8, 4) is 5.75 Å². The van der Waals surface area contributed by atoms with Crippen LogP contribution in [0.5, 0.6) is 5.75 Å². The Kier molecular flexibility index (Phi) is 5.08. The number of nitrogen functional groups attached to an aromatic ring is 1. The monoisotopic (exact) mass is 315 g/mol. The van der Waals surface area contributed by atoms with E-state index in [-0.39, 0.29) is 17.6 Å². The van der Waals surface area contributed by atoms with Crippen molar-refractivity contribution in [3.05, 3.63) is 47.9 Å². The molecular formula is C15H17N5O3. The molecule has 0 aliphatic rings. The molecule has 0 saturated carbocycles. The topological polar surface area (TPSA) is 119 Å². The minimum Gasteiger partial charge on any atom is -0.491 e. The molecule has 0 atom stereocenters. The second kappa shape index (κ2) is 7.21. The highest BCUT2D eigenvalue weighted by Gasteiger charge is 2.13. The van der Waals surface area contributed by atoms with Gasteiger partial charge in [0, 0.05) is 18.0 Å². The summed E-state index contributed by atoms with van der Waals surface area (Å²) in [6, 6.07) is 6.54. The van der Waals surface area contributed by atoms with Gasteiger partial charge in [-0.25, -0.2) is 9.97 Å². The van der Waals surface area contributed by atoms with Crippen LogP contribution in [0.25, 0.3) is 0 Å². The molecule has 2 aromatic rings. The number of nitrogens with two attached hydrogens (primary N) is 1. The predicted octanol–water partition coefficient (Wildman–Crippen LogP) is 0.921. The maximum absolute atomic E-state index is 12.0. The lowest BCUT2D eigenvalue weighted by Crippen LogP contribution is -2.42. The average molecular weight is 315 g/mol. The number of hydrogen-bond donors (Lipinski definition) is 3. The van der Waals surface area contributed by atoms with Gasteiger partial charge in [0.25, 0.3) is 11.8 Å². The molecule has 0 spiro atoms. The Labute approximate surface area is 133 Å². The number of carbonyl (C=O) groups excluding carboxylic acids is 2. The average Bonchev–Trinajstić information content (AvgIpc) is 2.53. The summed E-state index contributed by atoms with van der Waals surface area (Å²) in [6.07, 6.45) is 2.75. The molecule has 1 aromatic carbocycles. The van der Waals surface area contributed by atoms with Crippen LogP contribution in [-0.2, 0) is 0 Å². The lowest BCUT2D eigenvalue weighted by atomic mass is 10.2. The quantitative estimate of drug-likeness (QED) is 0.722. The zero-order valence-corrected chi connectivity index (χ0v) is 12.7. The van der Waals surface area contributed by atoms with Crippen LogP contribution in [0, 0.1) is 0 Å². The van der Waals surface area contributed by atoms with Gasteiger partial charge in [-0.3, -0.25) is 20.4 Å². The van der Waals surface area contributed by atoms with E-state index in [0.29, 0.717) is 11.3 Å². The lowest BCUT2D eigenvalue weighted by Gasteiger charge is -2.10. The first-order valence-electron chi connectivity index (χ1n) is 6.91. The van der Waals surface area contributed by atoms with E-state index in [1.807, 2.05) is 13.8 Å². The number of hydrogen-bond acceptors (Lipinski definition) is 6. The van der Waals surface area contributed by atoms with Gasteiger partial charge >= 0.3 is 0 Å². The van der Waals surface area contributed by atoms with Crippen molar-refractivity contribution in [2.24, 2.45) is 0 Å². The molecule has 2 amide bonds. The zero-order valence-electron chi connectivity index (χ0n) is 12.7. The van der Waals surface area contributed by atoms with Crippen molar-refractivity contribution in [2.75, 3.05) is 5.73 Å². The zero-order chi connectivity index (χ0) is 16.8. The summed E-state index contributed by atoms with van der Waals surface area (Å²) >= 11 is 0. The number of carbonyl (C=O) groups is 2. The number of nitrogens with zero attached hydrogens (tertiary/aromatic N) is 2. The van der Waals surface area contributed by atoms with Crippen LogP contribution in [0.1, 0.15) is 34.7 Å². The first kappa shape index (κ1) is 16.2. The highest BCUT2D eigenvalue weighted by atomic mass is 16.5. The highest BCUT2D eigenvalue weighted by molar-refractivity contribution is 6.00. The number of anilines is 1. The first-order valence-corrected chi connectivity index (χ1v) is 6.91. The number of amides is 2. The van der Waals surface area contributed by atoms with Crippen molar-refractivity contribution in [1.29, 1.82) is 0 Å². The minimum absolute atomic E-state index is 0.0190. The Morgan fingerprint density at radius 2 is 1.65 bits per heavy atom. The molecule has 0 saturated heterocycles. The first-order chi connectivity index (χ1) is 11.0. The summed E-state index contributed by atoms with van der Waals surface area (Å²) in [7, 11) is 0. The van der Waals surface area contributed by atoms with E-state index < -0.39 is 11.8 Å². The Hall–Kier alpha value is -3.16. The summed E-state index contributed by atoms with van der Waals surface area (Å²) in [6.45, 7) is 3.82. The molecule has 0 fully saturated rings. The number of benzene rings is 1. The van der Waals surface area contributed by atoms with Crippen molar-refractivity contribution < 1.29 is 14.3 Å². The molecule has 8 heteroatoms. The molecule has 1 aromatic heterocycles. The van der Waals surface area contributed by atoms with Gasteiger partial charge in [0.1, 0.15) is 5.75 Å². The molecule has 1 heterocycles. The molecule has 4 N–H and O–H groups in total. The normalized spacial score (nSPS) is 10.2. The Bertz CT molecular complexity index is 701. The summed E-state index contributed by atoms with van der Waals surface area (Å²) in [5, 5.41) is 0. The number of hydrazine groups is 1. The molecule has 120 valence electrons. The van der Waals surface area contributed by atoms with Crippen LogP contribution in [0.4, 0.5) is 5.82 Å². The summed E-state index contributed by atoms with van der Waals surface area (Å²) in [5.41, 5.74) is 10.4. The van der Waals surface area contributed by atoms with Crippen LogP contribution >= 0.6 is 0 Å². The third-order valence-corrected chi connectivity index (χ3v) is 2.72. The number of nitrogens with one attached hydrogen (secondary N) is 2. The molecule has 0 aliphatic carbocycles. The highest BCUT2D eigenvalue weighted by Crippen LogP contribution is 2.13. The Balaban J connectivity index is 1.94. The Morgan fingerprint density at radius 1 is 1.04 bits per heavy atom. The molecule has 0 bridgehead atoms. The third-order valence-electron chi connectivity index (χ3n) is 2.72. The molecule has 23 heavy (non-hydrogen) atoms. The van der Waals surface area contributed by atoms with Gasteiger partial charge in [-0.2, -0.15) is 0 Å². The SMILES string of the molecule is CC(C)Oc1ccc(C(=O)NNC(=O)c2nccnc2N)cc1. The van der Waals surface area contributed by atoms with E-state index in [0.717, 1.165) is 0 Å². The van der Waals surface area contributed by atoms with Gasteiger partial charge in [0.05, 0.1) is 6.10 Å². The molecular weight excluding hydrogens is 298 g/mol. The van der Waals surface area contributed by atoms with Crippen molar-refractivity contribution in [3.63, 3.8) is 0 Å². The molecule has 8 nitrogen and oxygen atoms in total. The molecule has 2 rings (SSSR count). The van der Waals surface area contributed by atoms with Gasteiger partial charge in [-0.1, -0.05) is 0 Å². The lowest BCUT2D eigenvalue weighted by molar-refractivity contribution is 0.0844. The summed E-state index contributed by atoms with van der Waals surface area (Å²) < 4.78 is 5.49. The van der Waals surface area contributed by atoms with E-state index in [1.54, 1.807) is 24.3 Å². The standard InChI is InChI=1S/C15H17N5O3/c1-9(2)23-11-5-3-10(4-6-11)14(21)19-20-15(22)12-13(16)18-8-7-17-12/h3-9H,1-2H3,(H2,16,18)(H,19,21)(H,20,22). The van der Waals surface area contributed by atoms with E-state index in [9.17, 15) is 9.59 Å². The number of ether oxygens (including phenoxy) is 1. The van der Waals surface area contributed by atoms with Gasteiger partial charge < -0.3 is 10.5 Å². The maximum atomic E-state index is 12.0. The van der Waals surface area contributed by atoms with Gasteiger partial charge in [-0.05, 0) is 38.1 Å². The second-order valence-corrected chi connectivity index (χ2v) is 4.89. The fourth-order valence-corrected chi connectivity index (χ4v) is 1.73. The van der Waals surface area contributed by atoms with E-state index in [2.05, 4.69) is 20.8 Å². The van der Waals surface area contributed by atoms with Crippen LogP contribution in [-0.4, -0.2) is 27.9 Å².